The Morgan fingerprint density at radius 1 is 0.574 bits per heavy atom. The average molecular weight is 888 g/mol. The summed E-state index contributed by atoms with van der Waals surface area (Å²) in [6, 6.07) is 17.0. The maximum absolute atomic E-state index is 12.4. The van der Waals surface area contributed by atoms with Crippen molar-refractivity contribution in [3.05, 3.63) is 48.5 Å². The molecular formula is C42H65N9O8S2. The molecule has 8 rings (SSSR count). The fraction of sp³-hybridized carbons (Fsp3) is 0.667. The number of benzene rings is 2. The number of carbonyl (C=O) groups excluding carboxylic acids is 2. The van der Waals surface area contributed by atoms with Gasteiger partial charge in [0.2, 0.25) is 20.0 Å². The standard InChI is InChI=1S/C22H34N4O4S.C20H31N5O4S/c1-22(2,3)30-21(27)25-15-17-13-24(14-18(17)16-25)20-7-5-19(6-8-20)23-9-11-26(12-10-23)31(4,28)29;1-30(28,29)25-9-7-22(8-10-25)18-2-4-19(5-3-18)23-12-16-14-24(15-17(16)13-23)20(27)21-6-11-26/h5-8,17-18H,9-16H2,1-4H3;2-5,16-17,26H,6-15H2,1H3,(H,21,27)/t17-,18+;16-,17+. The van der Waals surface area contributed by atoms with E-state index >= 15 is 0 Å². The molecule has 0 spiro atoms. The van der Waals surface area contributed by atoms with Crippen molar-refractivity contribution >= 4 is 54.9 Å². The minimum absolute atomic E-state index is 0.0381. The van der Waals surface area contributed by atoms with Crippen molar-refractivity contribution in [1.29, 1.82) is 0 Å². The molecule has 3 amide bonds. The molecule has 19 heteroatoms. The molecule has 0 unspecified atom stereocenters. The van der Waals surface area contributed by atoms with E-state index in [1.807, 2.05) is 30.6 Å². The highest BCUT2D eigenvalue weighted by Gasteiger charge is 2.43. The number of sulfonamides is 2. The Bertz CT molecular complexity index is 2030. The van der Waals surface area contributed by atoms with E-state index in [1.165, 1.54) is 28.2 Å². The number of hydrogen-bond acceptors (Lipinski definition) is 12. The molecule has 338 valence electrons. The van der Waals surface area contributed by atoms with Crippen molar-refractivity contribution in [2.45, 2.75) is 26.4 Å². The molecule has 6 saturated heterocycles. The van der Waals surface area contributed by atoms with E-state index in [9.17, 15) is 26.4 Å². The molecule has 2 aromatic rings. The van der Waals surface area contributed by atoms with Crippen molar-refractivity contribution in [1.82, 2.24) is 23.7 Å². The van der Waals surface area contributed by atoms with Gasteiger partial charge in [-0.3, -0.25) is 0 Å². The van der Waals surface area contributed by atoms with Gasteiger partial charge in [0.15, 0.2) is 0 Å². The van der Waals surface area contributed by atoms with E-state index < -0.39 is 25.6 Å². The van der Waals surface area contributed by atoms with Gasteiger partial charge in [0, 0.05) is 158 Å². The van der Waals surface area contributed by atoms with Crippen LogP contribution in [0.2, 0.25) is 0 Å². The first-order valence-corrected chi connectivity index (χ1v) is 25.3. The fourth-order valence-corrected chi connectivity index (χ4v) is 11.3. The lowest BCUT2D eigenvalue weighted by Gasteiger charge is -2.35. The second-order valence-electron chi connectivity index (χ2n) is 18.4. The Hall–Kier alpha value is -4.04. The van der Waals surface area contributed by atoms with Gasteiger partial charge in [-0.05, 0) is 69.3 Å². The van der Waals surface area contributed by atoms with E-state index in [4.69, 9.17) is 9.84 Å². The number of ether oxygens (including phenoxy) is 1. The van der Waals surface area contributed by atoms with Crippen LogP contribution in [-0.2, 0) is 24.8 Å². The number of nitrogens with zero attached hydrogens (tertiary/aromatic N) is 8. The zero-order valence-corrected chi connectivity index (χ0v) is 38.0. The molecule has 0 saturated carbocycles. The van der Waals surface area contributed by atoms with E-state index in [1.54, 1.807) is 4.31 Å². The zero-order valence-electron chi connectivity index (χ0n) is 36.4. The summed E-state index contributed by atoms with van der Waals surface area (Å²) in [5.74, 6) is 1.93. The molecule has 6 fully saturated rings. The number of aliphatic hydroxyl groups is 1. The highest BCUT2D eigenvalue weighted by molar-refractivity contribution is 7.88. The third-order valence-electron chi connectivity index (χ3n) is 12.9. The zero-order chi connectivity index (χ0) is 43.7. The number of likely N-dealkylation sites (tertiary alicyclic amines) is 2. The molecule has 6 aliphatic heterocycles. The number of carbonyl (C=O) groups is 2. The largest absolute Gasteiger partial charge is 0.444 e. The fourth-order valence-electron chi connectivity index (χ4n) is 9.63. The van der Waals surface area contributed by atoms with Crippen LogP contribution in [0.15, 0.2) is 48.5 Å². The highest BCUT2D eigenvalue weighted by Crippen LogP contribution is 2.36. The van der Waals surface area contributed by atoms with Gasteiger partial charge in [-0.2, -0.15) is 8.61 Å². The van der Waals surface area contributed by atoms with Crippen LogP contribution < -0.4 is 24.9 Å². The molecule has 0 aromatic heterocycles. The van der Waals surface area contributed by atoms with Crippen LogP contribution >= 0.6 is 0 Å². The number of amides is 3. The Morgan fingerprint density at radius 2 is 0.902 bits per heavy atom. The van der Waals surface area contributed by atoms with Crippen molar-refractivity contribution < 1.29 is 36.3 Å². The normalized spacial score (nSPS) is 25.0. The van der Waals surface area contributed by atoms with Gasteiger partial charge in [0.25, 0.3) is 0 Å². The lowest BCUT2D eigenvalue weighted by Crippen LogP contribution is -2.48. The molecule has 0 aliphatic carbocycles. The van der Waals surface area contributed by atoms with Crippen LogP contribution in [0.25, 0.3) is 0 Å². The number of piperazine rings is 2. The van der Waals surface area contributed by atoms with E-state index in [0.717, 1.165) is 63.7 Å². The Morgan fingerprint density at radius 3 is 1.21 bits per heavy atom. The van der Waals surface area contributed by atoms with Crippen molar-refractivity contribution in [2.24, 2.45) is 23.7 Å². The van der Waals surface area contributed by atoms with E-state index in [2.05, 4.69) is 73.4 Å². The van der Waals surface area contributed by atoms with Crippen molar-refractivity contribution in [2.75, 3.05) is 150 Å². The summed E-state index contributed by atoms with van der Waals surface area (Å²) in [5.41, 5.74) is 4.20. The molecule has 61 heavy (non-hydrogen) atoms. The van der Waals surface area contributed by atoms with Crippen LogP contribution in [0.3, 0.4) is 0 Å². The van der Waals surface area contributed by atoms with Crippen LogP contribution in [0.1, 0.15) is 20.8 Å². The first-order valence-electron chi connectivity index (χ1n) is 21.6. The number of nitrogens with one attached hydrogen (secondary N) is 1. The number of anilines is 4. The molecule has 4 atom stereocenters. The molecule has 17 nitrogen and oxygen atoms in total. The quantitative estimate of drug-likeness (QED) is 0.396. The predicted octanol–water partition coefficient (Wildman–Crippen LogP) is 1.91. The summed E-state index contributed by atoms with van der Waals surface area (Å²) in [5, 5.41) is 11.6. The summed E-state index contributed by atoms with van der Waals surface area (Å²) in [7, 11) is -6.22. The summed E-state index contributed by atoms with van der Waals surface area (Å²) in [4.78, 5) is 37.4. The lowest BCUT2D eigenvalue weighted by atomic mass is 10.0. The molecular weight excluding hydrogens is 823 g/mol. The number of urea groups is 1. The predicted molar refractivity (Wildman–Crippen MR) is 238 cm³/mol. The van der Waals surface area contributed by atoms with E-state index in [-0.39, 0.29) is 18.7 Å². The minimum Gasteiger partial charge on any atom is -0.444 e. The van der Waals surface area contributed by atoms with Crippen molar-refractivity contribution in [3.8, 4) is 0 Å². The molecule has 6 heterocycles. The second kappa shape index (κ2) is 18.4. The maximum atomic E-state index is 12.4. The van der Waals surface area contributed by atoms with Gasteiger partial charge in [0.1, 0.15) is 5.60 Å². The van der Waals surface area contributed by atoms with Crippen LogP contribution in [0.5, 0.6) is 0 Å². The second-order valence-corrected chi connectivity index (χ2v) is 22.4. The Labute approximate surface area is 362 Å². The lowest BCUT2D eigenvalue weighted by molar-refractivity contribution is 0.0282. The SMILES string of the molecule is CC(C)(C)OC(=O)N1C[C@@H]2CN(c3ccc(N4CCN(S(C)(=O)=O)CC4)cc3)C[C@@H]2C1.CS(=O)(=O)N1CCN(c2ccc(N3C[C@H]4CN(C(=O)NCCO)C[C@H]4C3)cc2)CC1. The van der Waals surface area contributed by atoms with Crippen LogP contribution in [0, 0.1) is 23.7 Å². The molecule has 6 aliphatic rings. The highest BCUT2D eigenvalue weighted by atomic mass is 32.2. The monoisotopic (exact) mass is 887 g/mol. The third-order valence-corrected chi connectivity index (χ3v) is 15.5. The maximum Gasteiger partial charge on any atom is 0.410 e. The number of rotatable bonds is 8. The van der Waals surface area contributed by atoms with Gasteiger partial charge >= 0.3 is 12.1 Å². The van der Waals surface area contributed by atoms with Gasteiger partial charge < -0.3 is 44.6 Å². The number of fused-ring (bicyclic) bond motifs is 2. The van der Waals surface area contributed by atoms with Gasteiger partial charge in [-0.25, -0.2) is 26.4 Å². The van der Waals surface area contributed by atoms with E-state index in [0.29, 0.717) is 82.6 Å². The summed E-state index contributed by atoms with van der Waals surface area (Å²) in [6.07, 6.45) is 2.34. The van der Waals surface area contributed by atoms with Gasteiger partial charge in [-0.15, -0.1) is 0 Å². The summed E-state index contributed by atoms with van der Waals surface area (Å²) in [6.45, 7) is 17.8. The summed E-state index contributed by atoms with van der Waals surface area (Å²) < 4.78 is 55.3. The smallest absolute Gasteiger partial charge is 0.410 e. The first-order chi connectivity index (χ1) is 28.8. The van der Waals surface area contributed by atoms with Crippen LogP contribution in [0.4, 0.5) is 32.3 Å². The summed E-state index contributed by atoms with van der Waals surface area (Å²) >= 11 is 0. The third kappa shape index (κ3) is 11.1. The van der Waals surface area contributed by atoms with Crippen molar-refractivity contribution in [3.63, 3.8) is 0 Å². The van der Waals surface area contributed by atoms with Gasteiger partial charge in [-0.1, -0.05) is 0 Å². The topological polar surface area (TPSA) is 170 Å². The minimum atomic E-state index is -3.11. The Balaban J connectivity index is 0.000000184. The van der Waals surface area contributed by atoms with Gasteiger partial charge in [0.05, 0.1) is 19.1 Å². The molecule has 2 N–H and O–H groups in total. The Kier molecular flexibility index (Phi) is 13.5. The molecule has 0 radical (unpaired) electrons. The number of hydrogen-bond donors (Lipinski definition) is 2. The first kappa shape index (κ1) is 45.0. The molecule has 0 bridgehead atoms. The molecule has 2 aromatic carbocycles. The average Bonchev–Trinajstić information content (AvgIpc) is 4.00. The number of aliphatic hydroxyl groups excluding tert-OH is 1. The van der Waals surface area contributed by atoms with Crippen LogP contribution in [-0.4, -0.2) is 188 Å².